The van der Waals surface area contributed by atoms with E-state index in [0.29, 0.717) is 25.7 Å². The molecule has 0 unspecified atom stereocenters. The summed E-state index contributed by atoms with van der Waals surface area (Å²) in [7, 11) is -3.72. The van der Waals surface area contributed by atoms with Gasteiger partial charge < -0.3 is 20.9 Å². The molecule has 198 valence electrons. The number of alkyl halides is 3. The monoisotopic (exact) mass is 528 g/mol. The molecule has 1 amide bonds. The number of carbonyl (C=O) groups excluding carboxylic acids is 1. The number of ether oxygens (including phenoxy) is 1. The first kappa shape index (κ1) is 30.3. The van der Waals surface area contributed by atoms with Crippen LogP contribution in [0, 0.1) is 5.41 Å². The third-order valence-corrected chi connectivity index (χ3v) is 7.01. The molecule has 0 aliphatic carbocycles. The molecule has 1 fully saturated rings. The summed E-state index contributed by atoms with van der Waals surface area (Å²) in [4.78, 5) is 25.1. The second kappa shape index (κ2) is 12.8. The van der Waals surface area contributed by atoms with Crippen molar-refractivity contribution in [3.05, 3.63) is 30.2 Å². The Bertz CT molecular complexity index is 992. The number of nitrogens with two attached hydrogens (primary N) is 1. The Labute approximate surface area is 200 Å². The number of piperidine rings is 1. The molecule has 0 saturated carbocycles. The number of halogens is 4. The van der Waals surface area contributed by atoms with Gasteiger partial charge in [-0.15, -0.1) is 0 Å². The molecule has 0 radical (unpaired) electrons. The lowest BCUT2D eigenvalue weighted by molar-refractivity contribution is -0.192. The number of amides is 1. The van der Waals surface area contributed by atoms with Crippen molar-refractivity contribution in [1.82, 2.24) is 14.6 Å². The molecule has 4 N–H and O–H groups in total. The summed E-state index contributed by atoms with van der Waals surface area (Å²) in [6.45, 7) is 4.74. The lowest BCUT2D eigenvalue weighted by Gasteiger charge is -2.37. The summed E-state index contributed by atoms with van der Waals surface area (Å²) in [5.74, 6) is -2.63. The predicted molar refractivity (Wildman–Crippen MR) is 116 cm³/mol. The highest BCUT2D eigenvalue weighted by molar-refractivity contribution is 7.89. The number of carboxylic acid groups (broad SMARTS) is 1. The van der Waals surface area contributed by atoms with Gasteiger partial charge in [0.25, 0.3) is 0 Å². The highest BCUT2D eigenvalue weighted by Gasteiger charge is 2.40. The lowest BCUT2D eigenvalue weighted by Crippen LogP contribution is -2.48. The fourth-order valence-corrected chi connectivity index (χ4v) is 4.26. The number of sulfonamides is 1. The van der Waals surface area contributed by atoms with Gasteiger partial charge in [-0.05, 0) is 25.8 Å². The minimum absolute atomic E-state index is 0.0210. The van der Waals surface area contributed by atoms with Crippen molar-refractivity contribution in [2.24, 2.45) is 11.1 Å². The number of pyridine rings is 1. The number of carbonyl (C=O) groups is 2. The van der Waals surface area contributed by atoms with E-state index in [1.165, 1.54) is 22.6 Å². The van der Waals surface area contributed by atoms with Crippen LogP contribution in [0.2, 0.25) is 0 Å². The van der Waals surface area contributed by atoms with Gasteiger partial charge in [-0.3, -0.25) is 4.79 Å². The number of nitrogens with one attached hydrogen (secondary N) is 1. The molecular formula is C20H28F4N4O6S. The zero-order valence-electron chi connectivity index (χ0n) is 19.1. The molecule has 1 saturated heterocycles. The van der Waals surface area contributed by atoms with Crippen molar-refractivity contribution in [3.8, 4) is 5.88 Å². The van der Waals surface area contributed by atoms with Gasteiger partial charge in [-0.1, -0.05) is 6.92 Å². The van der Waals surface area contributed by atoms with Crippen molar-refractivity contribution in [1.29, 1.82) is 0 Å². The van der Waals surface area contributed by atoms with Crippen LogP contribution in [0.25, 0.3) is 0 Å². The highest BCUT2D eigenvalue weighted by atomic mass is 32.2. The zero-order valence-corrected chi connectivity index (χ0v) is 20.0. The third-order valence-electron chi connectivity index (χ3n) is 5.12. The molecule has 35 heavy (non-hydrogen) atoms. The molecule has 1 aromatic rings. The summed E-state index contributed by atoms with van der Waals surface area (Å²) in [6.07, 6.45) is -2.60. The predicted octanol–water partition coefficient (Wildman–Crippen LogP) is 1.83. The Balaban J connectivity index is 0.000000762. The first-order valence-corrected chi connectivity index (χ1v) is 11.8. The van der Waals surface area contributed by atoms with E-state index in [-0.39, 0.29) is 48.5 Å². The first-order chi connectivity index (χ1) is 16.2. The third kappa shape index (κ3) is 8.74. The Morgan fingerprint density at radius 1 is 1.31 bits per heavy atom. The number of aliphatic carboxylic acids is 1. The SMILES string of the molecule is CCNC(=O)C1(C)CCN(S(=O)(=O)c2ccc(OC/C(=C/F)CN)nc2)CC1.O=C(O)C(F)(F)F. The average Bonchev–Trinajstić information content (AvgIpc) is 2.80. The van der Waals surface area contributed by atoms with Crippen molar-refractivity contribution < 1.29 is 45.4 Å². The largest absolute Gasteiger partial charge is 0.490 e. The normalized spacial score (nSPS) is 16.6. The van der Waals surface area contributed by atoms with Crippen LogP contribution in [0.15, 0.2) is 35.1 Å². The standard InChI is InChI=1S/C18H27FN4O4S.C2HF3O2/c1-3-21-17(24)18(2)6-8-23(9-7-18)28(25,26)15-4-5-16(22-12-15)27-13-14(10-19)11-20;3-2(4,5)1(6)7/h4-5,10,12H,3,6-9,11,13,20H2,1-2H3,(H,21,24);(H,6,7)/b14-10+;. The lowest BCUT2D eigenvalue weighted by atomic mass is 9.80. The molecule has 1 aliphatic heterocycles. The zero-order chi connectivity index (χ0) is 26.9. The van der Waals surface area contributed by atoms with Gasteiger partial charge >= 0.3 is 12.1 Å². The molecule has 2 heterocycles. The van der Waals surface area contributed by atoms with E-state index in [4.69, 9.17) is 20.4 Å². The van der Waals surface area contributed by atoms with Crippen LogP contribution in [0.4, 0.5) is 17.6 Å². The van der Waals surface area contributed by atoms with Gasteiger partial charge in [0.2, 0.25) is 21.8 Å². The van der Waals surface area contributed by atoms with Crippen molar-refractivity contribution in [2.75, 3.05) is 32.8 Å². The Morgan fingerprint density at radius 2 is 1.89 bits per heavy atom. The van der Waals surface area contributed by atoms with Crippen LogP contribution in [-0.2, 0) is 19.6 Å². The minimum Gasteiger partial charge on any atom is -0.475 e. The Morgan fingerprint density at radius 3 is 2.29 bits per heavy atom. The van der Waals surface area contributed by atoms with Crippen LogP contribution in [0.3, 0.4) is 0 Å². The summed E-state index contributed by atoms with van der Waals surface area (Å²) in [5, 5.41) is 9.93. The maximum atomic E-state index is 12.8. The minimum atomic E-state index is -5.08. The average molecular weight is 529 g/mol. The van der Waals surface area contributed by atoms with E-state index >= 15 is 0 Å². The molecule has 0 aromatic carbocycles. The summed E-state index contributed by atoms with van der Waals surface area (Å²) in [5.41, 5.74) is 5.05. The second-order valence-electron chi connectivity index (χ2n) is 7.72. The number of hydrogen-bond acceptors (Lipinski definition) is 7. The van der Waals surface area contributed by atoms with Gasteiger partial charge in [0.15, 0.2) is 0 Å². The fraction of sp³-hybridized carbons (Fsp3) is 0.550. The smallest absolute Gasteiger partial charge is 0.475 e. The summed E-state index contributed by atoms with van der Waals surface area (Å²) < 4.78 is 76.5. The second-order valence-corrected chi connectivity index (χ2v) is 9.66. The maximum Gasteiger partial charge on any atom is 0.490 e. The Kier molecular flexibility index (Phi) is 11.1. The van der Waals surface area contributed by atoms with E-state index in [9.17, 15) is 30.8 Å². The number of aromatic nitrogens is 1. The molecule has 15 heteroatoms. The van der Waals surface area contributed by atoms with E-state index in [2.05, 4.69) is 10.3 Å². The number of carboxylic acids is 1. The van der Waals surface area contributed by atoms with Crippen LogP contribution in [-0.4, -0.2) is 73.7 Å². The fourth-order valence-electron chi connectivity index (χ4n) is 2.88. The number of rotatable bonds is 8. The topological polar surface area (TPSA) is 152 Å². The van der Waals surface area contributed by atoms with Crippen LogP contribution >= 0.6 is 0 Å². The molecule has 0 spiro atoms. The first-order valence-electron chi connectivity index (χ1n) is 10.4. The Hall–Kier alpha value is -2.78. The van der Waals surface area contributed by atoms with Crippen LogP contribution < -0.4 is 15.8 Å². The van der Waals surface area contributed by atoms with Gasteiger partial charge in [-0.25, -0.2) is 22.6 Å². The van der Waals surface area contributed by atoms with Gasteiger partial charge in [-0.2, -0.15) is 17.5 Å². The van der Waals surface area contributed by atoms with Crippen molar-refractivity contribution in [2.45, 2.75) is 37.8 Å². The molecule has 1 aromatic heterocycles. The molecule has 10 nitrogen and oxygen atoms in total. The van der Waals surface area contributed by atoms with Crippen molar-refractivity contribution in [3.63, 3.8) is 0 Å². The highest BCUT2D eigenvalue weighted by Crippen LogP contribution is 2.33. The van der Waals surface area contributed by atoms with E-state index in [1.54, 1.807) is 0 Å². The van der Waals surface area contributed by atoms with E-state index in [0.717, 1.165) is 0 Å². The molecule has 2 rings (SSSR count). The van der Waals surface area contributed by atoms with E-state index < -0.39 is 27.6 Å². The van der Waals surface area contributed by atoms with Crippen molar-refractivity contribution >= 4 is 21.9 Å². The molecule has 0 bridgehead atoms. The van der Waals surface area contributed by atoms with Crippen LogP contribution in [0.5, 0.6) is 5.88 Å². The maximum absolute atomic E-state index is 12.8. The van der Waals surface area contributed by atoms with Crippen LogP contribution in [0.1, 0.15) is 26.7 Å². The summed E-state index contributed by atoms with van der Waals surface area (Å²) >= 11 is 0. The molecule has 1 aliphatic rings. The van der Waals surface area contributed by atoms with E-state index in [1.807, 2.05) is 13.8 Å². The number of nitrogens with zero attached hydrogens (tertiary/aromatic N) is 2. The van der Waals surface area contributed by atoms with Gasteiger partial charge in [0.05, 0.1) is 12.5 Å². The molecular weight excluding hydrogens is 500 g/mol. The summed E-state index contributed by atoms with van der Waals surface area (Å²) in [6, 6.07) is 2.82. The van der Waals surface area contributed by atoms with Gasteiger partial charge in [0.1, 0.15) is 11.5 Å². The quantitative estimate of drug-likeness (QED) is 0.432. The molecule has 0 atom stereocenters. The number of hydrogen-bond donors (Lipinski definition) is 3. The van der Waals surface area contributed by atoms with Gasteiger partial charge in [0, 0.05) is 43.2 Å².